The maximum absolute atomic E-state index is 12.8. The molecule has 0 spiro atoms. The Morgan fingerprint density at radius 1 is 0.636 bits per heavy atom. The number of aryl methyl sites for hydroxylation is 1. The van der Waals surface area contributed by atoms with Gasteiger partial charge in [0.05, 0.1) is 11.4 Å². The molecule has 0 aliphatic carbocycles. The molecule has 0 unspecified atom stereocenters. The van der Waals surface area contributed by atoms with Crippen molar-refractivity contribution in [1.29, 1.82) is 0 Å². The van der Waals surface area contributed by atoms with Gasteiger partial charge in [-0.1, -0.05) is 72.8 Å². The first kappa shape index (κ1) is 20.5. The van der Waals surface area contributed by atoms with Crippen molar-refractivity contribution < 1.29 is 4.79 Å². The summed E-state index contributed by atoms with van der Waals surface area (Å²) in [5.41, 5.74) is 8.02. The molecule has 1 heterocycles. The van der Waals surface area contributed by atoms with Crippen LogP contribution < -0.4 is 5.32 Å². The van der Waals surface area contributed by atoms with Crippen molar-refractivity contribution in [2.45, 2.75) is 6.92 Å². The molecule has 5 aromatic rings. The summed E-state index contributed by atoms with van der Waals surface area (Å²) in [5.74, 6) is -0.119. The molecular formula is C30H24N2O. The van der Waals surface area contributed by atoms with Gasteiger partial charge in [0.2, 0.25) is 0 Å². The molecule has 160 valence electrons. The summed E-state index contributed by atoms with van der Waals surface area (Å²) in [6.07, 6.45) is 0. The van der Waals surface area contributed by atoms with E-state index in [4.69, 9.17) is 0 Å². The fourth-order valence-electron chi connectivity index (χ4n) is 4.07. The third kappa shape index (κ3) is 4.35. The maximum Gasteiger partial charge on any atom is 0.255 e. The van der Waals surface area contributed by atoms with Crippen molar-refractivity contribution in [3.8, 4) is 28.2 Å². The van der Waals surface area contributed by atoms with Crippen molar-refractivity contribution in [2.24, 2.45) is 0 Å². The number of nitrogens with one attached hydrogen (secondary N) is 1. The minimum Gasteiger partial charge on any atom is -0.322 e. The Morgan fingerprint density at radius 3 is 1.76 bits per heavy atom. The molecule has 0 saturated carbocycles. The molecule has 4 aromatic carbocycles. The van der Waals surface area contributed by atoms with E-state index in [-0.39, 0.29) is 5.91 Å². The van der Waals surface area contributed by atoms with Gasteiger partial charge in [0.15, 0.2) is 0 Å². The van der Waals surface area contributed by atoms with Gasteiger partial charge >= 0.3 is 0 Å². The largest absolute Gasteiger partial charge is 0.322 e. The topological polar surface area (TPSA) is 34.0 Å². The molecule has 0 aliphatic heterocycles. The predicted octanol–water partition coefficient (Wildman–Crippen LogP) is 7.37. The van der Waals surface area contributed by atoms with Crippen LogP contribution >= 0.6 is 0 Å². The van der Waals surface area contributed by atoms with E-state index in [1.165, 1.54) is 0 Å². The number of anilines is 1. The Labute approximate surface area is 194 Å². The molecule has 0 aliphatic rings. The summed E-state index contributed by atoms with van der Waals surface area (Å²) in [4.78, 5) is 12.8. The second-order valence-electron chi connectivity index (χ2n) is 8.04. The minimum absolute atomic E-state index is 0.119. The van der Waals surface area contributed by atoms with Crippen LogP contribution in [0.2, 0.25) is 0 Å². The van der Waals surface area contributed by atoms with Gasteiger partial charge in [-0.2, -0.15) is 0 Å². The maximum atomic E-state index is 12.8. The summed E-state index contributed by atoms with van der Waals surface area (Å²) in [6, 6.07) is 40.6. The molecule has 1 aromatic heterocycles. The lowest BCUT2D eigenvalue weighted by Crippen LogP contribution is -2.12. The summed E-state index contributed by atoms with van der Waals surface area (Å²) in [5, 5.41) is 2.98. The van der Waals surface area contributed by atoms with Gasteiger partial charge in [0.25, 0.3) is 5.91 Å². The first-order valence-electron chi connectivity index (χ1n) is 11.0. The Morgan fingerprint density at radius 2 is 1.21 bits per heavy atom. The highest BCUT2D eigenvalue weighted by Crippen LogP contribution is 2.32. The lowest BCUT2D eigenvalue weighted by Gasteiger charge is -2.15. The smallest absolute Gasteiger partial charge is 0.255 e. The summed E-state index contributed by atoms with van der Waals surface area (Å²) < 4.78 is 2.24. The van der Waals surface area contributed by atoms with E-state index in [9.17, 15) is 4.79 Å². The molecule has 33 heavy (non-hydrogen) atoms. The van der Waals surface area contributed by atoms with Crippen molar-refractivity contribution >= 4 is 11.6 Å². The van der Waals surface area contributed by atoms with Gasteiger partial charge in [0, 0.05) is 16.9 Å². The van der Waals surface area contributed by atoms with E-state index in [1.54, 1.807) is 0 Å². The van der Waals surface area contributed by atoms with Crippen LogP contribution in [0.25, 0.3) is 28.2 Å². The zero-order valence-electron chi connectivity index (χ0n) is 18.4. The van der Waals surface area contributed by atoms with Crippen molar-refractivity contribution in [1.82, 2.24) is 4.57 Å². The molecular weight excluding hydrogens is 404 g/mol. The van der Waals surface area contributed by atoms with Gasteiger partial charge in [-0.25, -0.2) is 0 Å². The molecule has 3 heteroatoms. The van der Waals surface area contributed by atoms with Crippen molar-refractivity contribution in [3.05, 3.63) is 132 Å². The Kier molecular flexibility index (Phi) is 5.61. The number of aromatic nitrogens is 1. The van der Waals surface area contributed by atoms with Crippen LogP contribution in [0, 0.1) is 6.92 Å². The summed E-state index contributed by atoms with van der Waals surface area (Å²) in [6.45, 7) is 2.01. The first-order valence-corrected chi connectivity index (χ1v) is 11.0. The fraction of sp³-hybridized carbons (Fsp3) is 0.0333. The molecule has 3 nitrogen and oxygen atoms in total. The SMILES string of the molecule is Cc1cccc(NC(=O)c2ccc(-n3c(-c4ccccc4)ccc3-c3ccccc3)cc2)c1. The molecule has 0 radical (unpaired) electrons. The lowest BCUT2D eigenvalue weighted by molar-refractivity contribution is 0.102. The quantitative estimate of drug-likeness (QED) is 0.311. The Balaban J connectivity index is 1.52. The number of hydrogen-bond donors (Lipinski definition) is 1. The van der Waals surface area contributed by atoms with Crippen LogP contribution in [0.4, 0.5) is 5.69 Å². The average Bonchev–Trinajstić information content (AvgIpc) is 3.30. The first-order chi connectivity index (χ1) is 16.2. The van der Waals surface area contributed by atoms with Gasteiger partial charge in [-0.05, 0) is 72.1 Å². The number of carbonyl (C=O) groups is 1. The normalized spacial score (nSPS) is 10.7. The zero-order valence-corrected chi connectivity index (χ0v) is 18.4. The molecule has 0 fully saturated rings. The summed E-state index contributed by atoms with van der Waals surface area (Å²) in [7, 11) is 0. The van der Waals surface area contributed by atoms with E-state index in [0.29, 0.717) is 5.56 Å². The predicted molar refractivity (Wildman–Crippen MR) is 136 cm³/mol. The molecule has 1 N–H and O–H groups in total. The number of amides is 1. The van der Waals surface area contributed by atoms with E-state index in [0.717, 1.165) is 39.5 Å². The van der Waals surface area contributed by atoms with E-state index in [2.05, 4.69) is 46.3 Å². The second-order valence-corrected chi connectivity index (χ2v) is 8.04. The highest BCUT2D eigenvalue weighted by Gasteiger charge is 2.14. The number of nitrogens with zero attached hydrogens (tertiary/aromatic N) is 1. The molecule has 1 amide bonds. The van der Waals surface area contributed by atoms with Crippen LogP contribution in [-0.4, -0.2) is 10.5 Å². The number of carbonyl (C=O) groups excluding carboxylic acids is 1. The van der Waals surface area contributed by atoms with Gasteiger partial charge in [0.1, 0.15) is 0 Å². The summed E-state index contributed by atoms with van der Waals surface area (Å²) >= 11 is 0. The third-order valence-corrected chi connectivity index (χ3v) is 5.68. The van der Waals surface area contributed by atoms with Crippen molar-refractivity contribution in [3.63, 3.8) is 0 Å². The fourth-order valence-corrected chi connectivity index (χ4v) is 4.07. The molecule has 5 rings (SSSR count). The number of benzene rings is 4. The van der Waals surface area contributed by atoms with Crippen LogP contribution in [0.5, 0.6) is 0 Å². The second kappa shape index (κ2) is 9.01. The van der Waals surface area contributed by atoms with Gasteiger partial charge in [-0.15, -0.1) is 0 Å². The Bertz CT molecular complexity index is 1330. The van der Waals surface area contributed by atoms with Gasteiger partial charge in [-0.3, -0.25) is 4.79 Å². The van der Waals surface area contributed by atoms with Crippen LogP contribution in [-0.2, 0) is 0 Å². The highest BCUT2D eigenvalue weighted by atomic mass is 16.1. The van der Waals surface area contributed by atoms with Gasteiger partial charge < -0.3 is 9.88 Å². The third-order valence-electron chi connectivity index (χ3n) is 5.68. The van der Waals surface area contributed by atoms with Crippen LogP contribution in [0.1, 0.15) is 15.9 Å². The highest BCUT2D eigenvalue weighted by molar-refractivity contribution is 6.04. The molecule has 0 saturated heterocycles. The van der Waals surface area contributed by atoms with E-state index >= 15 is 0 Å². The van der Waals surface area contributed by atoms with E-state index in [1.807, 2.05) is 91.9 Å². The lowest BCUT2D eigenvalue weighted by atomic mass is 10.1. The van der Waals surface area contributed by atoms with Crippen LogP contribution in [0.15, 0.2) is 121 Å². The number of rotatable bonds is 5. The Hall–Kier alpha value is -4.37. The minimum atomic E-state index is -0.119. The van der Waals surface area contributed by atoms with Crippen LogP contribution in [0.3, 0.4) is 0 Å². The molecule has 0 bridgehead atoms. The molecule has 0 atom stereocenters. The van der Waals surface area contributed by atoms with Crippen molar-refractivity contribution in [2.75, 3.05) is 5.32 Å². The standard InChI is InChI=1S/C30H24N2O/c1-22-9-8-14-26(21-22)31-30(33)25-15-17-27(18-16-25)32-28(23-10-4-2-5-11-23)19-20-29(32)24-12-6-3-7-13-24/h2-21H,1H3,(H,31,33). The number of hydrogen-bond acceptors (Lipinski definition) is 1. The monoisotopic (exact) mass is 428 g/mol. The van der Waals surface area contributed by atoms with E-state index < -0.39 is 0 Å². The zero-order chi connectivity index (χ0) is 22.6. The average molecular weight is 429 g/mol.